The molecular formula is C44H58N2O4. The number of benzene rings is 4. The van der Waals surface area contributed by atoms with Crippen LogP contribution in [0.2, 0.25) is 0 Å². The van der Waals surface area contributed by atoms with Crippen molar-refractivity contribution >= 4 is 33.4 Å². The molecule has 6 nitrogen and oxygen atoms in total. The van der Waals surface area contributed by atoms with E-state index in [4.69, 9.17) is 0 Å². The van der Waals surface area contributed by atoms with Crippen molar-refractivity contribution in [3.05, 3.63) is 96.1 Å². The Morgan fingerprint density at radius 2 is 0.940 bits per heavy atom. The molecule has 2 atom stereocenters. The third-order valence-electron chi connectivity index (χ3n) is 11.2. The van der Waals surface area contributed by atoms with Gasteiger partial charge in [0.2, 0.25) is 11.8 Å². The van der Waals surface area contributed by atoms with Crippen molar-refractivity contribution in [2.24, 2.45) is 5.41 Å². The Kier molecular flexibility index (Phi) is 12.4. The first kappa shape index (κ1) is 37.5. The van der Waals surface area contributed by atoms with Gasteiger partial charge in [-0.15, -0.1) is 0 Å². The number of amides is 2. The predicted octanol–water partition coefficient (Wildman–Crippen LogP) is 9.62. The molecular weight excluding hydrogens is 620 g/mol. The van der Waals surface area contributed by atoms with Crippen LogP contribution in [0.1, 0.15) is 134 Å². The molecule has 0 saturated heterocycles. The van der Waals surface area contributed by atoms with E-state index in [2.05, 4.69) is 38.3 Å². The van der Waals surface area contributed by atoms with Gasteiger partial charge in [0.25, 0.3) is 0 Å². The Hall–Kier alpha value is -3.74. The van der Waals surface area contributed by atoms with E-state index in [-0.39, 0.29) is 11.8 Å². The molecule has 1 saturated carbocycles. The smallest absolute Gasteiger partial charge is 0.236 e. The summed E-state index contributed by atoms with van der Waals surface area (Å²) < 4.78 is 0. The van der Waals surface area contributed by atoms with Crippen LogP contribution in [0.15, 0.2) is 84.9 Å². The zero-order valence-electron chi connectivity index (χ0n) is 30.6. The Morgan fingerprint density at radius 3 is 1.32 bits per heavy atom. The lowest BCUT2D eigenvalue weighted by atomic mass is 9.70. The molecule has 4 aromatic rings. The topological polar surface area (TPSA) is 98.7 Å². The van der Waals surface area contributed by atoms with E-state index >= 15 is 9.59 Å². The molecule has 1 aliphatic rings. The molecule has 0 bridgehead atoms. The van der Waals surface area contributed by atoms with Gasteiger partial charge in [0.05, 0.1) is 23.3 Å². The van der Waals surface area contributed by atoms with E-state index in [1.54, 1.807) is 0 Å². The van der Waals surface area contributed by atoms with Crippen molar-refractivity contribution in [1.82, 2.24) is 10.6 Å². The Balaban J connectivity index is 1.60. The van der Waals surface area contributed by atoms with Crippen LogP contribution in [0.5, 0.6) is 0 Å². The van der Waals surface area contributed by atoms with Crippen molar-refractivity contribution in [2.75, 3.05) is 0 Å². The van der Waals surface area contributed by atoms with Gasteiger partial charge in [0.15, 0.2) is 0 Å². The fourth-order valence-corrected chi connectivity index (χ4v) is 8.82. The lowest BCUT2D eigenvalue weighted by Gasteiger charge is -2.43. The molecule has 1 aliphatic carbocycles. The van der Waals surface area contributed by atoms with Gasteiger partial charge in [-0.2, -0.15) is 0 Å². The number of hydrogen-bond acceptors (Lipinski definition) is 4. The van der Waals surface area contributed by atoms with Crippen LogP contribution in [0, 0.1) is 5.41 Å². The molecule has 0 unspecified atom stereocenters. The number of carbonyl (C=O) groups excluding carboxylic acids is 2. The van der Waals surface area contributed by atoms with Gasteiger partial charge in [0, 0.05) is 0 Å². The summed E-state index contributed by atoms with van der Waals surface area (Å²) in [7, 11) is 0. The van der Waals surface area contributed by atoms with Crippen LogP contribution in [0.4, 0.5) is 0 Å². The van der Waals surface area contributed by atoms with Crippen LogP contribution in [0.3, 0.4) is 0 Å². The molecule has 0 radical (unpaired) electrons. The van der Waals surface area contributed by atoms with Crippen LogP contribution < -0.4 is 10.6 Å². The van der Waals surface area contributed by atoms with Gasteiger partial charge in [0.1, 0.15) is 5.41 Å². The van der Waals surface area contributed by atoms with Crippen LogP contribution in [0.25, 0.3) is 21.5 Å². The van der Waals surface area contributed by atoms with E-state index in [9.17, 15) is 10.2 Å². The van der Waals surface area contributed by atoms with Gasteiger partial charge in [-0.3, -0.25) is 9.59 Å². The summed E-state index contributed by atoms with van der Waals surface area (Å²) in [5.74, 6) is -0.686. The highest BCUT2D eigenvalue weighted by atomic mass is 16.3. The molecule has 2 amide bonds. The standard InChI is InChI=1S/C44H58N2O4/c1-5-26-43(49,27-6-2)38(36-24-16-20-32-18-10-12-22-34(32)36)45-40(47)42(30-14-9-15-31-42)41(48)46-39(44(50,28-7-3)29-8-4)37-25-17-21-33-19-11-13-23-35(33)37/h10-13,16-25,38-39,49-50H,5-9,14-15,26-31H2,1-4H3,(H,45,47)(H,46,48)/t38-,39-/m0/s1. The maximum atomic E-state index is 15.0. The fourth-order valence-electron chi connectivity index (χ4n) is 8.82. The van der Waals surface area contributed by atoms with Crippen LogP contribution in [-0.4, -0.2) is 33.2 Å². The van der Waals surface area contributed by atoms with Crippen molar-refractivity contribution in [1.29, 1.82) is 0 Å². The molecule has 268 valence electrons. The molecule has 0 heterocycles. The molecule has 0 aliphatic heterocycles. The highest BCUT2D eigenvalue weighted by Gasteiger charge is 2.51. The lowest BCUT2D eigenvalue weighted by molar-refractivity contribution is -0.150. The second-order valence-corrected chi connectivity index (χ2v) is 14.8. The molecule has 4 N–H and O–H groups in total. The first-order chi connectivity index (χ1) is 24.2. The quantitative estimate of drug-likeness (QED) is 0.0887. The number of fused-ring (bicyclic) bond motifs is 2. The second-order valence-electron chi connectivity index (χ2n) is 14.8. The summed E-state index contributed by atoms with van der Waals surface area (Å²) in [4.78, 5) is 30.0. The van der Waals surface area contributed by atoms with E-state index in [0.717, 1.165) is 77.6 Å². The summed E-state index contributed by atoms with van der Waals surface area (Å²) in [6.07, 6.45) is 8.32. The van der Waals surface area contributed by atoms with Gasteiger partial charge >= 0.3 is 0 Å². The fraction of sp³-hybridized carbons (Fsp3) is 0.500. The average molecular weight is 679 g/mol. The molecule has 5 rings (SSSR count). The normalized spacial score (nSPS) is 16.2. The first-order valence-electron chi connectivity index (χ1n) is 19.2. The molecule has 0 aromatic heterocycles. The molecule has 6 heteroatoms. The van der Waals surface area contributed by atoms with Crippen molar-refractivity contribution in [3.63, 3.8) is 0 Å². The summed E-state index contributed by atoms with van der Waals surface area (Å²) in [5.41, 5.74) is -2.03. The maximum Gasteiger partial charge on any atom is 0.236 e. The van der Waals surface area contributed by atoms with Gasteiger partial charge in [-0.05, 0) is 71.2 Å². The Morgan fingerprint density at radius 1 is 0.580 bits per heavy atom. The lowest BCUT2D eigenvalue weighted by Crippen LogP contribution is -2.58. The number of nitrogens with one attached hydrogen (secondary N) is 2. The minimum absolute atomic E-state index is 0.343. The van der Waals surface area contributed by atoms with E-state index in [0.29, 0.717) is 38.5 Å². The highest BCUT2D eigenvalue weighted by molar-refractivity contribution is 6.06. The maximum absolute atomic E-state index is 15.0. The predicted molar refractivity (Wildman–Crippen MR) is 205 cm³/mol. The number of carbonyl (C=O) groups is 2. The SMILES string of the molecule is CCCC(O)(CCC)[C@@H](NC(=O)C1(C(=O)N[C@@H](c2cccc3ccccc23)C(O)(CCC)CCC)CCCCC1)c1cccc2ccccc12. The zero-order chi connectivity index (χ0) is 35.8. The number of aliphatic hydroxyl groups is 2. The summed E-state index contributed by atoms with van der Waals surface area (Å²) >= 11 is 0. The van der Waals surface area contributed by atoms with Crippen molar-refractivity contribution in [3.8, 4) is 0 Å². The number of hydrogen-bond donors (Lipinski definition) is 4. The third kappa shape index (κ3) is 7.62. The van der Waals surface area contributed by atoms with Gasteiger partial charge < -0.3 is 20.8 Å². The number of rotatable bonds is 16. The highest BCUT2D eigenvalue weighted by Crippen LogP contribution is 2.44. The minimum Gasteiger partial charge on any atom is -0.387 e. The van der Waals surface area contributed by atoms with Crippen molar-refractivity contribution < 1.29 is 19.8 Å². The first-order valence-corrected chi connectivity index (χ1v) is 19.2. The molecule has 0 spiro atoms. The molecule has 50 heavy (non-hydrogen) atoms. The average Bonchev–Trinajstić information content (AvgIpc) is 3.13. The third-order valence-corrected chi connectivity index (χ3v) is 11.2. The van der Waals surface area contributed by atoms with E-state index in [1.165, 1.54) is 0 Å². The minimum atomic E-state index is -1.34. The van der Waals surface area contributed by atoms with Crippen LogP contribution >= 0.6 is 0 Å². The molecule has 4 aromatic carbocycles. The van der Waals surface area contributed by atoms with Crippen molar-refractivity contribution in [2.45, 2.75) is 134 Å². The van der Waals surface area contributed by atoms with Gasteiger partial charge in [-0.25, -0.2) is 0 Å². The Bertz CT molecular complexity index is 1600. The van der Waals surface area contributed by atoms with Gasteiger partial charge in [-0.1, -0.05) is 158 Å². The largest absolute Gasteiger partial charge is 0.387 e. The summed E-state index contributed by atoms with van der Waals surface area (Å²) in [6.45, 7) is 8.22. The Labute approximate surface area is 299 Å². The van der Waals surface area contributed by atoms with Crippen LogP contribution in [-0.2, 0) is 9.59 Å². The zero-order valence-corrected chi connectivity index (χ0v) is 30.6. The van der Waals surface area contributed by atoms with E-state index < -0.39 is 28.7 Å². The summed E-state index contributed by atoms with van der Waals surface area (Å²) in [5, 5.41) is 35.6. The second kappa shape index (κ2) is 16.5. The summed E-state index contributed by atoms with van der Waals surface area (Å²) in [6, 6.07) is 26.8. The van der Waals surface area contributed by atoms with E-state index in [1.807, 2.05) is 84.9 Å². The monoisotopic (exact) mass is 678 g/mol. The molecule has 1 fully saturated rings.